The molecule has 1 aliphatic heterocycles. The van der Waals surface area contributed by atoms with E-state index in [1.54, 1.807) is 23.4 Å². The Balaban J connectivity index is 1.28. The minimum atomic E-state index is -0.635. The topological polar surface area (TPSA) is 107 Å². The van der Waals surface area contributed by atoms with Gasteiger partial charge in [0.05, 0.1) is 17.8 Å². The smallest absolute Gasteiger partial charge is 0.223 e. The van der Waals surface area contributed by atoms with Crippen molar-refractivity contribution in [2.75, 3.05) is 18.4 Å². The van der Waals surface area contributed by atoms with Gasteiger partial charge in [-0.25, -0.2) is 9.97 Å². The number of rotatable bonds is 5. The number of β-amino-alcohol motifs (C(OH)–C–C–N with tert-alkyl or cyclic N) is 1. The van der Waals surface area contributed by atoms with Crippen LogP contribution >= 0.6 is 0 Å². The van der Waals surface area contributed by atoms with E-state index >= 15 is 0 Å². The van der Waals surface area contributed by atoms with Crippen molar-refractivity contribution in [3.63, 3.8) is 0 Å². The number of carbonyl (C=O) groups is 1. The molecule has 27 heavy (non-hydrogen) atoms. The maximum absolute atomic E-state index is 12.6. The Morgan fingerprint density at radius 1 is 1.30 bits per heavy atom. The first-order chi connectivity index (χ1) is 13.2. The number of aliphatic hydroxyl groups is 1. The fourth-order valence-electron chi connectivity index (χ4n) is 4.01. The van der Waals surface area contributed by atoms with Gasteiger partial charge in [-0.05, 0) is 43.7 Å². The molecule has 2 aromatic rings. The van der Waals surface area contributed by atoms with Crippen LogP contribution in [0.15, 0.2) is 18.5 Å². The standard InChI is InChI=1S/C19H26N6O2/c26-17-12-25(11-8-16(17)22-19-20-9-3-10-21-19)18(27)7-6-15-13-4-1-2-5-14(13)23-24-15/h3,9-10,16-17,26H,1-2,4-8,11-12H2,(H,23,24)(H,20,21,22)/t16-,17-/m1/s1. The Bertz CT molecular complexity index is 778. The third-order valence-electron chi connectivity index (χ3n) is 5.53. The molecule has 0 radical (unpaired) electrons. The quantitative estimate of drug-likeness (QED) is 0.727. The van der Waals surface area contributed by atoms with Gasteiger partial charge in [-0.15, -0.1) is 0 Å². The van der Waals surface area contributed by atoms with Gasteiger partial charge in [0.2, 0.25) is 11.9 Å². The Morgan fingerprint density at radius 3 is 2.93 bits per heavy atom. The molecule has 1 amide bonds. The number of likely N-dealkylation sites (tertiary alicyclic amines) is 1. The number of carbonyl (C=O) groups excluding carboxylic acids is 1. The highest BCUT2D eigenvalue weighted by Gasteiger charge is 2.30. The van der Waals surface area contributed by atoms with Crippen molar-refractivity contribution in [1.82, 2.24) is 25.1 Å². The number of amides is 1. The summed E-state index contributed by atoms with van der Waals surface area (Å²) in [5.74, 6) is 0.584. The highest BCUT2D eigenvalue weighted by molar-refractivity contribution is 5.76. The SMILES string of the molecule is O=C(CCc1n[nH]c2c1CCCC2)N1CC[C@@H](Nc2ncccn2)[C@H](O)C1. The molecule has 0 bridgehead atoms. The number of aryl methyl sites for hydroxylation is 2. The first kappa shape index (κ1) is 17.9. The number of fused-ring (bicyclic) bond motifs is 1. The van der Waals surface area contributed by atoms with Crippen LogP contribution in [-0.4, -0.2) is 61.3 Å². The van der Waals surface area contributed by atoms with E-state index in [4.69, 9.17) is 0 Å². The zero-order chi connectivity index (χ0) is 18.6. The molecule has 4 rings (SSSR count). The molecule has 3 N–H and O–H groups in total. The van der Waals surface area contributed by atoms with E-state index in [1.165, 1.54) is 24.1 Å². The number of piperidine rings is 1. The summed E-state index contributed by atoms with van der Waals surface area (Å²) in [6, 6.07) is 1.61. The molecular weight excluding hydrogens is 344 g/mol. The van der Waals surface area contributed by atoms with Gasteiger partial charge in [0, 0.05) is 44.0 Å². The monoisotopic (exact) mass is 370 g/mol. The summed E-state index contributed by atoms with van der Waals surface area (Å²) in [5, 5.41) is 21.1. The van der Waals surface area contributed by atoms with E-state index in [0.29, 0.717) is 38.3 Å². The molecule has 0 saturated carbocycles. The van der Waals surface area contributed by atoms with Gasteiger partial charge in [-0.3, -0.25) is 9.89 Å². The van der Waals surface area contributed by atoms with E-state index in [1.807, 2.05) is 0 Å². The van der Waals surface area contributed by atoms with E-state index < -0.39 is 6.10 Å². The summed E-state index contributed by atoms with van der Waals surface area (Å²) in [6.45, 7) is 0.959. The lowest BCUT2D eigenvalue weighted by molar-refractivity contribution is -0.134. The van der Waals surface area contributed by atoms with Crippen LogP contribution in [0.1, 0.15) is 42.6 Å². The number of H-pyrrole nitrogens is 1. The number of anilines is 1. The predicted octanol–water partition coefficient (Wildman–Crippen LogP) is 1.08. The first-order valence-electron chi connectivity index (χ1n) is 9.75. The van der Waals surface area contributed by atoms with E-state index in [0.717, 1.165) is 18.5 Å². The number of aromatic amines is 1. The molecule has 1 aliphatic carbocycles. The third-order valence-corrected chi connectivity index (χ3v) is 5.53. The van der Waals surface area contributed by atoms with Gasteiger partial charge in [-0.2, -0.15) is 5.10 Å². The lowest BCUT2D eigenvalue weighted by Crippen LogP contribution is -2.51. The summed E-state index contributed by atoms with van der Waals surface area (Å²) < 4.78 is 0. The second-order valence-electron chi connectivity index (χ2n) is 7.35. The summed E-state index contributed by atoms with van der Waals surface area (Å²) in [5.41, 5.74) is 3.60. The van der Waals surface area contributed by atoms with Crippen molar-refractivity contribution in [2.45, 2.75) is 57.1 Å². The molecule has 8 heteroatoms. The van der Waals surface area contributed by atoms with Crippen LogP contribution in [0, 0.1) is 0 Å². The lowest BCUT2D eigenvalue weighted by atomic mass is 9.94. The first-order valence-corrected chi connectivity index (χ1v) is 9.75. The normalized spacial score (nSPS) is 22.3. The van der Waals surface area contributed by atoms with Crippen molar-refractivity contribution in [3.8, 4) is 0 Å². The van der Waals surface area contributed by atoms with E-state index in [2.05, 4.69) is 25.5 Å². The third kappa shape index (κ3) is 4.10. The molecule has 0 spiro atoms. The van der Waals surface area contributed by atoms with Crippen LogP contribution in [0.3, 0.4) is 0 Å². The number of hydrogen-bond donors (Lipinski definition) is 3. The highest BCUT2D eigenvalue weighted by Crippen LogP contribution is 2.23. The summed E-state index contributed by atoms with van der Waals surface area (Å²) >= 11 is 0. The van der Waals surface area contributed by atoms with Crippen LogP contribution in [-0.2, 0) is 24.1 Å². The Kier molecular flexibility index (Phi) is 5.33. The molecule has 1 fully saturated rings. The van der Waals surface area contributed by atoms with Crippen LogP contribution in [0.2, 0.25) is 0 Å². The zero-order valence-electron chi connectivity index (χ0n) is 15.4. The summed E-state index contributed by atoms with van der Waals surface area (Å²) in [6.07, 6.45) is 8.99. The average molecular weight is 370 g/mol. The van der Waals surface area contributed by atoms with Gasteiger partial charge in [0.15, 0.2) is 0 Å². The molecule has 1 saturated heterocycles. The fraction of sp³-hybridized carbons (Fsp3) is 0.579. The molecule has 2 aliphatic rings. The number of aromatic nitrogens is 4. The molecule has 0 aromatic carbocycles. The van der Waals surface area contributed by atoms with Crippen molar-refractivity contribution in [1.29, 1.82) is 0 Å². The second-order valence-corrected chi connectivity index (χ2v) is 7.35. The minimum absolute atomic E-state index is 0.0796. The molecule has 144 valence electrons. The van der Waals surface area contributed by atoms with Crippen molar-refractivity contribution < 1.29 is 9.90 Å². The molecule has 2 atom stereocenters. The van der Waals surface area contributed by atoms with Crippen LogP contribution in [0.25, 0.3) is 0 Å². The molecular formula is C19H26N6O2. The predicted molar refractivity (Wildman–Crippen MR) is 100 cm³/mol. The van der Waals surface area contributed by atoms with E-state index in [9.17, 15) is 9.90 Å². The average Bonchev–Trinajstić information content (AvgIpc) is 3.12. The molecule has 3 heterocycles. The van der Waals surface area contributed by atoms with Crippen LogP contribution in [0.4, 0.5) is 5.95 Å². The number of nitrogens with one attached hydrogen (secondary N) is 2. The van der Waals surface area contributed by atoms with E-state index in [-0.39, 0.29) is 11.9 Å². The van der Waals surface area contributed by atoms with Crippen molar-refractivity contribution in [3.05, 3.63) is 35.4 Å². The van der Waals surface area contributed by atoms with Gasteiger partial charge < -0.3 is 15.3 Å². The maximum atomic E-state index is 12.6. The van der Waals surface area contributed by atoms with Crippen LogP contribution in [0.5, 0.6) is 0 Å². The number of nitrogens with zero attached hydrogens (tertiary/aromatic N) is 4. The van der Waals surface area contributed by atoms with Crippen molar-refractivity contribution in [2.24, 2.45) is 0 Å². The molecule has 2 aromatic heterocycles. The minimum Gasteiger partial charge on any atom is -0.389 e. The highest BCUT2D eigenvalue weighted by atomic mass is 16.3. The summed E-state index contributed by atoms with van der Waals surface area (Å²) in [4.78, 5) is 22.6. The Morgan fingerprint density at radius 2 is 2.11 bits per heavy atom. The van der Waals surface area contributed by atoms with Gasteiger partial charge in [0.25, 0.3) is 0 Å². The van der Waals surface area contributed by atoms with Gasteiger partial charge >= 0.3 is 0 Å². The number of hydrogen-bond acceptors (Lipinski definition) is 6. The second kappa shape index (κ2) is 8.04. The van der Waals surface area contributed by atoms with Crippen molar-refractivity contribution >= 4 is 11.9 Å². The summed E-state index contributed by atoms with van der Waals surface area (Å²) in [7, 11) is 0. The molecule has 0 unspecified atom stereocenters. The van der Waals surface area contributed by atoms with Crippen LogP contribution < -0.4 is 5.32 Å². The fourth-order valence-corrected chi connectivity index (χ4v) is 4.01. The number of aliphatic hydroxyl groups excluding tert-OH is 1. The van der Waals surface area contributed by atoms with Gasteiger partial charge in [-0.1, -0.05) is 0 Å². The Labute approximate surface area is 158 Å². The Hall–Kier alpha value is -2.48. The largest absolute Gasteiger partial charge is 0.389 e. The lowest BCUT2D eigenvalue weighted by Gasteiger charge is -2.36. The molecule has 8 nitrogen and oxygen atoms in total. The van der Waals surface area contributed by atoms with Gasteiger partial charge in [0.1, 0.15) is 0 Å². The zero-order valence-corrected chi connectivity index (χ0v) is 15.4. The maximum Gasteiger partial charge on any atom is 0.223 e.